The Labute approximate surface area is 116 Å². The van der Waals surface area contributed by atoms with Crippen LogP contribution in [0.15, 0.2) is 30.0 Å². The second-order valence-electron chi connectivity index (χ2n) is 4.27. The van der Waals surface area contributed by atoms with Gasteiger partial charge in [0.1, 0.15) is 11.6 Å². The molecule has 0 atom stereocenters. The first-order chi connectivity index (χ1) is 9.65. The zero-order chi connectivity index (χ0) is 14.5. The van der Waals surface area contributed by atoms with Crippen molar-refractivity contribution in [1.82, 2.24) is 5.06 Å². The Morgan fingerprint density at radius 3 is 2.90 bits per heavy atom. The van der Waals surface area contributed by atoms with E-state index in [1.807, 2.05) is 17.8 Å². The summed E-state index contributed by atoms with van der Waals surface area (Å²) >= 11 is 0. The van der Waals surface area contributed by atoms with Gasteiger partial charge < -0.3 is 4.90 Å². The molecule has 20 heavy (non-hydrogen) atoms. The van der Waals surface area contributed by atoms with Gasteiger partial charge in [0.05, 0.1) is 24.6 Å². The lowest BCUT2D eigenvalue weighted by molar-refractivity contribution is -0.384. The number of benzene rings is 1. The molecule has 7 nitrogen and oxygen atoms in total. The largest absolute Gasteiger partial charge is 0.363 e. The monoisotopic (exact) mass is 277 g/mol. The van der Waals surface area contributed by atoms with Gasteiger partial charge in [-0.15, -0.1) is 0 Å². The van der Waals surface area contributed by atoms with E-state index in [-0.39, 0.29) is 5.69 Å². The van der Waals surface area contributed by atoms with Gasteiger partial charge in [-0.1, -0.05) is 6.07 Å². The zero-order valence-electron chi connectivity index (χ0n) is 11.1. The number of nitro benzene ring substituents is 1. The molecule has 0 saturated carbocycles. The van der Waals surface area contributed by atoms with Gasteiger partial charge in [-0.2, -0.15) is 0 Å². The number of nitro groups is 1. The fraction of sp³-hybridized carbons (Fsp3) is 0.385. The second kappa shape index (κ2) is 6.18. The van der Waals surface area contributed by atoms with Crippen LogP contribution in [0.1, 0.15) is 6.92 Å². The maximum absolute atomic E-state index is 11.0. The van der Waals surface area contributed by atoms with Crippen molar-refractivity contribution in [3.8, 4) is 0 Å². The second-order valence-corrected chi connectivity index (χ2v) is 4.27. The molecule has 1 aliphatic rings. The molecule has 1 saturated heterocycles. The van der Waals surface area contributed by atoms with E-state index < -0.39 is 4.92 Å². The SMILES string of the molecule is CCON1CCN(c2cccc([N+](=O)[O-])c2)CC1=C=O. The van der Waals surface area contributed by atoms with Crippen molar-refractivity contribution in [3.05, 3.63) is 40.1 Å². The van der Waals surface area contributed by atoms with Gasteiger partial charge in [0, 0.05) is 24.4 Å². The molecular weight excluding hydrogens is 262 g/mol. The molecule has 0 unspecified atom stereocenters. The highest BCUT2D eigenvalue weighted by atomic mass is 16.7. The highest BCUT2D eigenvalue weighted by Crippen LogP contribution is 2.24. The molecule has 7 heteroatoms. The van der Waals surface area contributed by atoms with Crippen LogP contribution in [-0.2, 0) is 9.63 Å². The smallest absolute Gasteiger partial charge is 0.271 e. The molecule has 1 fully saturated rings. The third-order valence-electron chi connectivity index (χ3n) is 3.02. The van der Waals surface area contributed by atoms with Crippen LogP contribution in [0.3, 0.4) is 0 Å². The molecule has 1 aromatic carbocycles. The predicted molar refractivity (Wildman–Crippen MR) is 72.8 cm³/mol. The van der Waals surface area contributed by atoms with Crippen molar-refractivity contribution >= 4 is 17.3 Å². The van der Waals surface area contributed by atoms with Crippen molar-refractivity contribution in [2.24, 2.45) is 0 Å². The first-order valence-corrected chi connectivity index (χ1v) is 6.29. The normalized spacial score (nSPS) is 15.2. The Kier molecular flexibility index (Phi) is 4.34. The summed E-state index contributed by atoms with van der Waals surface area (Å²) in [5, 5.41) is 12.3. The van der Waals surface area contributed by atoms with Crippen LogP contribution in [0.4, 0.5) is 11.4 Å². The Bertz CT molecular complexity index is 554. The molecule has 0 amide bonds. The van der Waals surface area contributed by atoms with Gasteiger partial charge in [-0.05, 0) is 13.0 Å². The lowest BCUT2D eigenvalue weighted by Gasteiger charge is -2.36. The molecule has 0 N–H and O–H groups in total. The summed E-state index contributed by atoms with van der Waals surface area (Å²) in [4.78, 5) is 28.6. The Morgan fingerprint density at radius 1 is 1.45 bits per heavy atom. The fourth-order valence-electron chi connectivity index (χ4n) is 2.09. The van der Waals surface area contributed by atoms with Crippen LogP contribution in [0.25, 0.3) is 0 Å². The Morgan fingerprint density at radius 2 is 2.25 bits per heavy atom. The third kappa shape index (κ3) is 2.96. The van der Waals surface area contributed by atoms with Gasteiger partial charge in [-0.25, -0.2) is 9.86 Å². The topological polar surface area (TPSA) is 75.9 Å². The maximum atomic E-state index is 11.0. The number of rotatable bonds is 4. The minimum Gasteiger partial charge on any atom is -0.363 e. The van der Waals surface area contributed by atoms with E-state index in [4.69, 9.17) is 4.84 Å². The fourth-order valence-corrected chi connectivity index (χ4v) is 2.09. The lowest BCUT2D eigenvalue weighted by atomic mass is 10.2. The van der Waals surface area contributed by atoms with Gasteiger partial charge in [0.25, 0.3) is 5.69 Å². The summed E-state index contributed by atoms with van der Waals surface area (Å²) in [7, 11) is 0. The first kappa shape index (κ1) is 14.0. The average molecular weight is 277 g/mol. The standard InChI is InChI=1S/C13H15N3O4/c1-2-20-15-7-6-14(9-13(15)10-17)11-4-3-5-12(8-11)16(18)19/h3-5,8H,2,6-7,9H2,1H3. The number of non-ortho nitro benzene ring substituents is 1. The van der Waals surface area contributed by atoms with E-state index in [1.54, 1.807) is 12.1 Å². The quantitative estimate of drug-likeness (QED) is 0.470. The molecule has 2 rings (SSSR count). The molecule has 106 valence electrons. The highest BCUT2D eigenvalue weighted by Gasteiger charge is 2.23. The van der Waals surface area contributed by atoms with Gasteiger partial charge in [0.2, 0.25) is 0 Å². The van der Waals surface area contributed by atoms with Crippen LogP contribution >= 0.6 is 0 Å². The van der Waals surface area contributed by atoms with E-state index in [1.165, 1.54) is 17.2 Å². The number of nitrogens with zero attached hydrogens (tertiary/aromatic N) is 3. The number of anilines is 1. The molecule has 1 aliphatic heterocycles. The summed E-state index contributed by atoms with van der Waals surface area (Å²) in [5.41, 5.74) is 1.14. The molecule has 0 bridgehead atoms. The van der Waals surface area contributed by atoms with Crippen molar-refractivity contribution in [2.45, 2.75) is 6.92 Å². The first-order valence-electron chi connectivity index (χ1n) is 6.29. The Hall–Kier alpha value is -2.37. The molecule has 0 radical (unpaired) electrons. The van der Waals surface area contributed by atoms with Gasteiger partial charge in [0.15, 0.2) is 0 Å². The molecule has 0 aromatic heterocycles. The number of piperazine rings is 1. The minimum atomic E-state index is -0.434. The number of hydroxylamine groups is 2. The summed E-state index contributed by atoms with van der Waals surface area (Å²) in [6.07, 6.45) is 0. The number of hydrogen-bond donors (Lipinski definition) is 0. The molecular formula is C13H15N3O4. The van der Waals surface area contributed by atoms with Crippen molar-refractivity contribution < 1.29 is 14.6 Å². The van der Waals surface area contributed by atoms with E-state index in [2.05, 4.69) is 0 Å². The van der Waals surface area contributed by atoms with E-state index in [0.717, 1.165) is 0 Å². The van der Waals surface area contributed by atoms with Crippen molar-refractivity contribution in [1.29, 1.82) is 0 Å². The Balaban J connectivity index is 2.17. The molecule has 0 aliphatic carbocycles. The lowest BCUT2D eigenvalue weighted by Crippen LogP contribution is -2.45. The number of hydrogen-bond acceptors (Lipinski definition) is 6. The van der Waals surface area contributed by atoms with Crippen molar-refractivity contribution in [3.63, 3.8) is 0 Å². The van der Waals surface area contributed by atoms with E-state index in [9.17, 15) is 14.9 Å². The molecule has 0 spiro atoms. The van der Waals surface area contributed by atoms with E-state index >= 15 is 0 Å². The highest BCUT2D eigenvalue weighted by molar-refractivity contribution is 5.59. The van der Waals surface area contributed by atoms with Crippen LogP contribution < -0.4 is 4.90 Å². The van der Waals surface area contributed by atoms with Crippen molar-refractivity contribution in [2.75, 3.05) is 31.1 Å². The average Bonchev–Trinajstić information content (AvgIpc) is 2.48. The van der Waals surface area contributed by atoms with Crippen LogP contribution in [0.2, 0.25) is 0 Å². The van der Waals surface area contributed by atoms with Gasteiger partial charge >= 0.3 is 0 Å². The van der Waals surface area contributed by atoms with Crippen LogP contribution in [-0.4, -0.2) is 42.2 Å². The summed E-state index contributed by atoms with van der Waals surface area (Å²) in [6, 6.07) is 6.35. The van der Waals surface area contributed by atoms with E-state index in [0.29, 0.717) is 37.6 Å². The number of carbonyl (C=O) groups excluding carboxylic acids is 1. The zero-order valence-corrected chi connectivity index (χ0v) is 11.1. The molecule has 1 heterocycles. The summed E-state index contributed by atoms with van der Waals surface area (Å²) < 4.78 is 0. The summed E-state index contributed by atoms with van der Waals surface area (Å²) in [6.45, 7) is 3.77. The predicted octanol–water partition coefficient (Wildman–Crippen LogP) is 1.38. The van der Waals surface area contributed by atoms with Crippen LogP contribution in [0.5, 0.6) is 0 Å². The summed E-state index contributed by atoms with van der Waals surface area (Å²) in [5.74, 6) is 1.87. The molecule has 1 aromatic rings. The third-order valence-corrected chi connectivity index (χ3v) is 3.02. The minimum absolute atomic E-state index is 0.0337. The van der Waals surface area contributed by atoms with Crippen LogP contribution in [0, 0.1) is 10.1 Å². The van der Waals surface area contributed by atoms with Gasteiger partial charge in [-0.3, -0.25) is 15.0 Å². The maximum Gasteiger partial charge on any atom is 0.271 e.